The maximum absolute atomic E-state index is 8.13. The maximum atomic E-state index is 8.13. The van der Waals surface area contributed by atoms with Gasteiger partial charge < -0.3 is 13.7 Å². The van der Waals surface area contributed by atoms with Crippen LogP contribution in [0, 0.1) is 13.1 Å². The molecule has 0 atom stereocenters. The normalized spacial score (nSPS) is 11.6. The summed E-state index contributed by atoms with van der Waals surface area (Å²) in [5, 5.41) is 7.00. The fourth-order valence-electron chi connectivity index (χ4n) is 8.72. The molecule has 11 rings (SSSR count). The summed E-state index contributed by atoms with van der Waals surface area (Å²) < 4.78 is 6.99. The van der Waals surface area contributed by atoms with Crippen LogP contribution in [0.25, 0.3) is 103 Å². The first-order valence-electron chi connectivity index (χ1n) is 18.3. The topological polar surface area (TPSA) is 23.5 Å². The van der Waals surface area contributed by atoms with Crippen LogP contribution in [0.15, 0.2) is 176 Å². The lowest BCUT2D eigenvalue weighted by Gasteiger charge is -2.16. The largest absolute Gasteiger partial charge is 0.312 e. The van der Waals surface area contributed by atoms with Crippen molar-refractivity contribution in [3.63, 3.8) is 0 Å². The van der Waals surface area contributed by atoms with Crippen molar-refractivity contribution in [2.75, 3.05) is 0 Å². The second kappa shape index (κ2) is 11.8. The molecule has 254 valence electrons. The fourth-order valence-corrected chi connectivity index (χ4v) is 8.72. The van der Waals surface area contributed by atoms with Gasteiger partial charge in [-0.3, -0.25) is 0 Å². The van der Waals surface area contributed by atoms with Gasteiger partial charge in [0.05, 0.1) is 46.4 Å². The van der Waals surface area contributed by atoms with E-state index in [0.29, 0.717) is 11.4 Å². The first-order chi connectivity index (χ1) is 27.2. The quantitative estimate of drug-likeness (QED) is 0.163. The number of nitrogens with zero attached hydrogens (tertiary/aromatic N) is 5. The van der Waals surface area contributed by atoms with Gasteiger partial charge in [-0.15, -0.1) is 0 Å². The van der Waals surface area contributed by atoms with Gasteiger partial charge in [-0.25, -0.2) is 9.69 Å². The number of rotatable bonds is 4. The second-order valence-electron chi connectivity index (χ2n) is 14.0. The van der Waals surface area contributed by atoms with Crippen LogP contribution in [0.5, 0.6) is 0 Å². The Labute approximate surface area is 316 Å². The van der Waals surface area contributed by atoms with Gasteiger partial charge in [-0.1, -0.05) is 109 Å². The SMILES string of the molecule is [C-]#[N+]c1cc(-c2cccc(-n3c4ccccc4c4cccc(-n5c6ccccc6c6ccccc65)c43)c2)cc(-n2c3ccccc3c3ccc([N+]#[C-])cc32)c1. The third-order valence-corrected chi connectivity index (χ3v) is 11.0. The van der Waals surface area contributed by atoms with Crippen LogP contribution in [0.2, 0.25) is 0 Å². The minimum atomic E-state index is 0.552. The van der Waals surface area contributed by atoms with E-state index >= 15 is 0 Å². The van der Waals surface area contributed by atoms with Gasteiger partial charge in [-0.05, 0) is 77.9 Å². The molecule has 8 aromatic carbocycles. The molecule has 0 fully saturated rings. The summed E-state index contributed by atoms with van der Waals surface area (Å²) in [6.07, 6.45) is 0. The lowest BCUT2D eigenvalue weighted by Crippen LogP contribution is -2.01. The molecule has 0 N–H and O–H groups in total. The molecular formula is C50H29N5. The highest BCUT2D eigenvalue weighted by molar-refractivity contribution is 6.15. The fraction of sp³-hybridized carbons (Fsp3) is 0. The van der Waals surface area contributed by atoms with Crippen molar-refractivity contribution < 1.29 is 0 Å². The number of hydrogen-bond donors (Lipinski definition) is 0. The second-order valence-corrected chi connectivity index (χ2v) is 14.0. The number of hydrogen-bond acceptors (Lipinski definition) is 0. The smallest absolute Gasteiger partial charge is 0.189 e. The van der Waals surface area contributed by atoms with Crippen LogP contribution in [-0.4, -0.2) is 13.7 Å². The molecule has 5 nitrogen and oxygen atoms in total. The summed E-state index contributed by atoms with van der Waals surface area (Å²) >= 11 is 0. The third kappa shape index (κ3) is 4.51. The summed E-state index contributed by atoms with van der Waals surface area (Å²) in [5.41, 5.74) is 12.7. The Morgan fingerprint density at radius 3 is 1.51 bits per heavy atom. The first kappa shape index (κ1) is 30.7. The number of benzene rings is 8. The highest BCUT2D eigenvalue weighted by atomic mass is 15.1. The van der Waals surface area contributed by atoms with E-state index in [2.05, 4.69) is 157 Å². The molecule has 3 aromatic heterocycles. The Morgan fingerprint density at radius 2 is 0.855 bits per heavy atom. The number of para-hydroxylation sites is 5. The molecule has 0 unspecified atom stereocenters. The van der Waals surface area contributed by atoms with Crippen LogP contribution in [0.3, 0.4) is 0 Å². The number of aromatic nitrogens is 3. The Balaban J connectivity index is 1.16. The van der Waals surface area contributed by atoms with Crippen molar-refractivity contribution in [2.45, 2.75) is 0 Å². The minimum Gasteiger partial charge on any atom is -0.312 e. The summed E-state index contributed by atoms with van der Waals surface area (Å²) in [6.45, 7) is 15.8. The molecule has 0 aliphatic carbocycles. The average Bonchev–Trinajstić information content (AvgIpc) is 3.89. The lowest BCUT2D eigenvalue weighted by molar-refractivity contribution is 1.13. The van der Waals surface area contributed by atoms with Crippen LogP contribution in [-0.2, 0) is 0 Å². The Kier molecular flexibility index (Phi) is 6.61. The molecular weight excluding hydrogens is 671 g/mol. The molecule has 0 saturated carbocycles. The Morgan fingerprint density at radius 1 is 0.327 bits per heavy atom. The summed E-state index contributed by atoms with van der Waals surface area (Å²) in [4.78, 5) is 7.68. The van der Waals surface area contributed by atoms with Gasteiger partial charge in [0.2, 0.25) is 0 Å². The zero-order valence-corrected chi connectivity index (χ0v) is 29.5. The molecule has 0 aliphatic rings. The molecule has 0 spiro atoms. The van der Waals surface area contributed by atoms with E-state index in [1.54, 1.807) is 0 Å². The van der Waals surface area contributed by atoms with E-state index in [4.69, 9.17) is 13.1 Å². The average molecular weight is 700 g/mol. The van der Waals surface area contributed by atoms with E-state index in [9.17, 15) is 0 Å². The van der Waals surface area contributed by atoms with Crippen LogP contribution < -0.4 is 0 Å². The van der Waals surface area contributed by atoms with Gasteiger partial charge in [0.25, 0.3) is 0 Å². The molecule has 0 saturated heterocycles. The molecule has 55 heavy (non-hydrogen) atoms. The predicted molar refractivity (Wildman–Crippen MR) is 227 cm³/mol. The highest BCUT2D eigenvalue weighted by Crippen LogP contribution is 2.41. The lowest BCUT2D eigenvalue weighted by atomic mass is 10.0. The molecule has 0 radical (unpaired) electrons. The summed E-state index contributed by atoms with van der Waals surface area (Å²) in [6, 6.07) is 61.5. The predicted octanol–water partition coefficient (Wildman–Crippen LogP) is 13.7. The van der Waals surface area contributed by atoms with Crippen molar-refractivity contribution in [1.82, 2.24) is 13.7 Å². The minimum absolute atomic E-state index is 0.552. The van der Waals surface area contributed by atoms with Gasteiger partial charge in [0, 0.05) is 49.2 Å². The maximum Gasteiger partial charge on any atom is 0.189 e. The molecule has 11 aromatic rings. The van der Waals surface area contributed by atoms with E-state index in [-0.39, 0.29) is 0 Å². The molecule has 3 heterocycles. The van der Waals surface area contributed by atoms with Crippen LogP contribution >= 0.6 is 0 Å². The van der Waals surface area contributed by atoms with Gasteiger partial charge >= 0.3 is 0 Å². The Bertz CT molecular complexity index is 3420. The number of fused-ring (bicyclic) bond motifs is 9. The van der Waals surface area contributed by atoms with Crippen molar-refractivity contribution in [3.8, 4) is 28.2 Å². The van der Waals surface area contributed by atoms with Gasteiger partial charge in [0.15, 0.2) is 11.4 Å². The summed E-state index contributed by atoms with van der Waals surface area (Å²) in [7, 11) is 0. The van der Waals surface area contributed by atoms with Crippen molar-refractivity contribution >= 4 is 76.8 Å². The first-order valence-corrected chi connectivity index (χ1v) is 18.3. The van der Waals surface area contributed by atoms with E-state index in [0.717, 1.165) is 61.0 Å². The molecule has 0 bridgehead atoms. The van der Waals surface area contributed by atoms with Gasteiger partial charge in [-0.2, -0.15) is 0 Å². The molecule has 0 amide bonds. The Hall–Kier alpha value is -7.86. The van der Waals surface area contributed by atoms with Crippen molar-refractivity contribution in [1.29, 1.82) is 0 Å². The zero-order chi connectivity index (χ0) is 36.6. The van der Waals surface area contributed by atoms with E-state index in [1.165, 1.54) is 32.6 Å². The van der Waals surface area contributed by atoms with Crippen LogP contribution in [0.4, 0.5) is 11.4 Å². The van der Waals surface area contributed by atoms with E-state index in [1.807, 2.05) is 42.5 Å². The highest BCUT2D eigenvalue weighted by Gasteiger charge is 2.20. The van der Waals surface area contributed by atoms with Crippen molar-refractivity contribution in [3.05, 3.63) is 199 Å². The summed E-state index contributed by atoms with van der Waals surface area (Å²) in [5.74, 6) is 0. The standard InChI is InChI=1S/C50H29N5/c1-51-34-25-26-42-40-17-3-7-20-44(40)53(49(42)31-34)37-29-33(27-35(30-37)52-2)32-13-11-14-36(28-32)54-45-21-8-6-18-41(45)43-19-12-24-48(50(43)54)55-46-22-9-4-15-38(46)39-16-5-10-23-47(39)55/h3-31H. The third-order valence-electron chi connectivity index (χ3n) is 11.0. The molecule has 5 heteroatoms. The van der Waals surface area contributed by atoms with Crippen LogP contribution in [0.1, 0.15) is 0 Å². The zero-order valence-electron chi connectivity index (χ0n) is 29.5. The molecule has 0 aliphatic heterocycles. The van der Waals surface area contributed by atoms with E-state index < -0.39 is 0 Å². The monoisotopic (exact) mass is 699 g/mol. The van der Waals surface area contributed by atoms with Gasteiger partial charge in [0.1, 0.15) is 0 Å². The van der Waals surface area contributed by atoms with Crippen molar-refractivity contribution in [2.24, 2.45) is 0 Å².